The summed E-state index contributed by atoms with van der Waals surface area (Å²) in [5.74, 6) is 1.22. The number of benzene rings is 2. The minimum absolute atomic E-state index is 0.558. The number of unbranched alkanes of at least 4 members (excludes halogenated alkanes) is 5. The lowest BCUT2D eigenvalue weighted by Gasteiger charge is -2.07. The summed E-state index contributed by atoms with van der Waals surface area (Å²) in [6.45, 7) is 4.51. The lowest BCUT2D eigenvalue weighted by atomic mass is 10.1. The molecule has 0 fully saturated rings. The highest BCUT2D eigenvalue weighted by molar-refractivity contribution is 5.52. The van der Waals surface area contributed by atoms with Crippen molar-refractivity contribution in [2.45, 2.75) is 65.3 Å². The van der Waals surface area contributed by atoms with E-state index in [1.807, 2.05) is 6.07 Å². The van der Waals surface area contributed by atoms with Crippen molar-refractivity contribution in [3.05, 3.63) is 78.6 Å². The maximum atomic E-state index is 6.00. The van der Waals surface area contributed by atoms with Crippen LogP contribution >= 0.6 is 0 Å². The van der Waals surface area contributed by atoms with Crippen LogP contribution in [0, 0.1) is 0 Å². The highest BCUT2D eigenvalue weighted by Gasteiger charge is 2.19. The van der Waals surface area contributed by atoms with Crippen molar-refractivity contribution < 1.29 is 9.30 Å². The summed E-state index contributed by atoms with van der Waals surface area (Å²) in [7, 11) is 0. The zero-order valence-corrected chi connectivity index (χ0v) is 17.1. The van der Waals surface area contributed by atoms with Gasteiger partial charge in [0.1, 0.15) is 12.4 Å². The molecule has 0 radical (unpaired) electrons. The molecule has 3 rings (SSSR count). The van der Waals surface area contributed by atoms with Crippen molar-refractivity contribution in [3.8, 4) is 11.4 Å². The molecule has 0 spiro atoms. The number of aryl methyl sites for hydroxylation is 1. The third-order valence-electron chi connectivity index (χ3n) is 5.10. The first-order chi connectivity index (χ1) is 13.9. The smallest absolute Gasteiger partial charge is 0.290 e. The molecule has 3 heteroatoms. The predicted molar refractivity (Wildman–Crippen MR) is 115 cm³/mol. The summed E-state index contributed by atoms with van der Waals surface area (Å²) in [6, 6.07) is 21.0. The van der Waals surface area contributed by atoms with Gasteiger partial charge in [-0.05, 0) is 30.5 Å². The van der Waals surface area contributed by atoms with E-state index >= 15 is 0 Å². The third kappa shape index (κ3) is 6.07. The molecule has 0 aliphatic rings. The number of aromatic nitrogens is 2. The van der Waals surface area contributed by atoms with Crippen LogP contribution in [0.3, 0.4) is 0 Å². The van der Waals surface area contributed by atoms with Crippen LogP contribution < -0.4 is 4.57 Å². The van der Waals surface area contributed by atoms with Gasteiger partial charge in [-0.15, -0.1) is 0 Å². The quantitative estimate of drug-likeness (QED) is 0.280. The number of imidazole rings is 1. The summed E-state index contributed by atoms with van der Waals surface area (Å²) in [5.41, 5.74) is 2.44. The lowest BCUT2D eigenvalue weighted by molar-refractivity contribution is -0.723. The largest absolute Gasteiger partial charge is 0.337 e. The Hall–Kier alpha value is -2.39. The van der Waals surface area contributed by atoms with Gasteiger partial charge >= 0.3 is 0 Å². The van der Waals surface area contributed by atoms with Crippen molar-refractivity contribution in [2.75, 3.05) is 0 Å². The molecule has 1 heterocycles. The summed E-state index contributed by atoms with van der Waals surface area (Å²) in [4.78, 5) is 0. The Balaban J connectivity index is 1.63. The molecule has 0 bridgehead atoms. The Labute approximate surface area is 169 Å². The second kappa shape index (κ2) is 11.5. The van der Waals surface area contributed by atoms with Crippen molar-refractivity contribution >= 4 is 0 Å². The summed E-state index contributed by atoms with van der Waals surface area (Å²) >= 11 is 0. The van der Waals surface area contributed by atoms with Gasteiger partial charge in [0.15, 0.2) is 6.73 Å². The van der Waals surface area contributed by atoms with E-state index < -0.39 is 0 Å². The summed E-state index contributed by atoms with van der Waals surface area (Å²) in [5, 5.41) is 0. The van der Waals surface area contributed by atoms with Crippen LogP contribution in [0.4, 0.5) is 0 Å². The molecular formula is C25H33N2O+. The van der Waals surface area contributed by atoms with Crippen LogP contribution in [-0.4, -0.2) is 4.57 Å². The van der Waals surface area contributed by atoms with Gasteiger partial charge in [0, 0.05) is 0 Å². The molecule has 0 aliphatic heterocycles. The number of hydrogen-bond donors (Lipinski definition) is 0. The van der Waals surface area contributed by atoms with E-state index in [9.17, 15) is 0 Å². The molecule has 2 aromatic carbocycles. The molecule has 148 valence electrons. The van der Waals surface area contributed by atoms with Crippen LogP contribution in [-0.2, 0) is 24.6 Å². The van der Waals surface area contributed by atoms with Crippen LogP contribution in [0.1, 0.15) is 51.0 Å². The van der Waals surface area contributed by atoms with Gasteiger partial charge in [-0.2, -0.15) is 0 Å². The molecule has 0 saturated heterocycles. The third-order valence-corrected chi connectivity index (χ3v) is 5.10. The highest BCUT2D eigenvalue weighted by atomic mass is 16.5. The fourth-order valence-corrected chi connectivity index (χ4v) is 3.57. The number of ether oxygens (including phenoxy) is 1. The van der Waals surface area contributed by atoms with E-state index in [1.165, 1.54) is 55.5 Å². The topological polar surface area (TPSA) is 18.0 Å². The van der Waals surface area contributed by atoms with Crippen LogP contribution in [0.5, 0.6) is 0 Å². The van der Waals surface area contributed by atoms with E-state index in [0.717, 1.165) is 6.54 Å². The Bertz CT molecular complexity index is 796. The first-order valence-electron chi connectivity index (χ1n) is 10.6. The highest BCUT2D eigenvalue weighted by Crippen LogP contribution is 2.17. The van der Waals surface area contributed by atoms with E-state index in [1.54, 1.807) is 0 Å². The molecule has 0 aliphatic carbocycles. The Morgan fingerprint density at radius 3 is 2.25 bits per heavy atom. The van der Waals surface area contributed by atoms with E-state index in [4.69, 9.17) is 4.74 Å². The van der Waals surface area contributed by atoms with Crippen molar-refractivity contribution in [1.82, 2.24) is 4.57 Å². The zero-order valence-electron chi connectivity index (χ0n) is 17.1. The zero-order chi connectivity index (χ0) is 19.4. The number of nitrogens with zero attached hydrogens (tertiary/aromatic N) is 2. The van der Waals surface area contributed by atoms with E-state index in [2.05, 4.69) is 83.0 Å². The normalized spacial score (nSPS) is 11.0. The Morgan fingerprint density at radius 1 is 0.821 bits per heavy atom. The molecule has 3 nitrogen and oxygen atoms in total. The molecule has 1 aromatic heterocycles. The van der Waals surface area contributed by atoms with Crippen LogP contribution in [0.2, 0.25) is 0 Å². The average Bonchev–Trinajstić information content (AvgIpc) is 3.15. The first kappa shape index (κ1) is 20.3. The van der Waals surface area contributed by atoms with Crippen molar-refractivity contribution in [3.63, 3.8) is 0 Å². The minimum atomic E-state index is 0.558. The Morgan fingerprint density at radius 2 is 1.50 bits per heavy atom. The number of hydrogen-bond acceptors (Lipinski definition) is 1. The first-order valence-corrected chi connectivity index (χ1v) is 10.6. The molecule has 0 atom stereocenters. The fourth-order valence-electron chi connectivity index (χ4n) is 3.57. The van der Waals surface area contributed by atoms with Crippen molar-refractivity contribution in [1.29, 1.82) is 0 Å². The van der Waals surface area contributed by atoms with E-state index in [0.29, 0.717) is 13.3 Å². The van der Waals surface area contributed by atoms with Gasteiger partial charge in [-0.1, -0.05) is 81.1 Å². The second-order valence-electron chi connectivity index (χ2n) is 7.38. The van der Waals surface area contributed by atoms with Gasteiger partial charge in [0.2, 0.25) is 0 Å². The molecule has 0 saturated carbocycles. The van der Waals surface area contributed by atoms with E-state index in [-0.39, 0.29) is 0 Å². The molecule has 28 heavy (non-hydrogen) atoms. The van der Waals surface area contributed by atoms with Gasteiger partial charge in [-0.3, -0.25) is 0 Å². The van der Waals surface area contributed by atoms with Gasteiger partial charge in [0.05, 0.1) is 18.7 Å². The monoisotopic (exact) mass is 377 g/mol. The summed E-state index contributed by atoms with van der Waals surface area (Å²) < 4.78 is 10.6. The minimum Gasteiger partial charge on any atom is -0.337 e. The van der Waals surface area contributed by atoms with Crippen molar-refractivity contribution in [2.24, 2.45) is 0 Å². The maximum absolute atomic E-state index is 6.00. The number of rotatable bonds is 12. The molecule has 3 aromatic rings. The van der Waals surface area contributed by atoms with Gasteiger partial charge in [0.25, 0.3) is 5.82 Å². The Kier molecular flexibility index (Phi) is 8.32. The maximum Gasteiger partial charge on any atom is 0.290 e. The van der Waals surface area contributed by atoms with Gasteiger partial charge in [-0.25, -0.2) is 9.13 Å². The van der Waals surface area contributed by atoms with Gasteiger partial charge < -0.3 is 4.74 Å². The predicted octanol–water partition coefficient (Wildman–Crippen LogP) is 5.98. The average molecular weight is 378 g/mol. The fraction of sp³-hybridized carbons (Fsp3) is 0.400. The molecule has 0 unspecified atom stereocenters. The lowest BCUT2D eigenvalue weighted by Crippen LogP contribution is -2.36. The molecular weight excluding hydrogens is 344 g/mol. The second-order valence-corrected chi connectivity index (χ2v) is 7.38. The summed E-state index contributed by atoms with van der Waals surface area (Å²) in [6.07, 6.45) is 12.2. The SMILES string of the molecule is CCCCCCCCn1cc[n+](COCc2ccccc2)c1-c1ccccc1. The van der Waals surface area contributed by atoms with Crippen LogP contribution in [0.25, 0.3) is 11.4 Å². The molecule has 0 N–H and O–H groups in total. The van der Waals surface area contributed by atoms with Crippen LogP contribution in [0.15, 0.2) is 73.1 Å². The molecule has 0 amide bonds. The standard InChI is InChI=1S/C25H33N2O/c1-2-3-4-5-6-13-18-26-19-20-27(25(26)24-16-11-8-12-17-24)22-28-21-23-14-9-7-10-15-23/h7-12,14-17,19-20H,2-6,13,18,21-22H2,1H3/q+1.